The van der Waals surface area contributed by atoms with Gasteiger partial charge in [0.2, 0.25) is 0 Å². The zero-order valence-electron chi connectivity index (χ0n) is 9.49. The van der Waals surface area contributed by atoms with Crippen molar-refractivity contribution in [1.29, 1.82) is 0 Å². The average Bonchev–Trinajstić information content (AvgIpc) is 2.40. The third-order valence-corrected chi connectivity index (χ3v) is 3.18. The van der Waals surface area contributed by atoms with Crippen molar-refractivity contribution >= 4 is 12.2 Å². The smallest absolute Gasteiger partial charge is 0.138 e. The number of hydrogen-bond donors (Lipinski definition) is 0. The topological polar surface area (TPSA) is 0 Å². The van der Waals surface area contributed by atoms with Crippen LogP contribution in [0.4, 0.5) is 4.39 Å². The van der Waals surface area contributed by atoms with Gasteiger partial charge >= 0.3 is 0 Å². The Hall–Kier alpha value is -1.89. The SMILES string of the molecule is Fc1c(-c2ccccc2)ccc2c1=CCCC=2. The molecule has 0 fully saturated rings. The summed E-state index contributed by atoms with van der Waals surface area (Å²) in [6.45, 7) is 0. The van der Waals surface area contributed by atoms with Crippen molar-refractivity contribution in [2.75, 3.05) is 0 Å². The lowest BCUT2D eigenvalue weighted by Gasteiger charge is -2.07. The van der Waals surface area contributed by atoms with E-state index in [9.17, 15) is 4.39 Å². The molecule has 1 aliphatic carbocycles. The van der Waals surface area contributed by atoms with Crippen LogP contribution in [0.3, 0.4) is 0 Å². The van der Waals surface area contributed by atoms with Crippen molar-refractivity contribution in [3.63, 3.8) is 0 Å². The largest absolute Gasteiger partial charge is 0.206 e. The van der Waals surface area contributed by atoms with E-state index in [1.807, 2.05) is 48.5 Å². The van der Waals surface area contributed by atoms with Crippen molar-refractivity contribution in [3.05, 3.63) is 58.7 Å². The number of rotatable bonds is 1. The fourth-order valence-corrected chi connectivity index (χ4v) is 2.30. The Morgan fingerprint density at radius 3 is 2.41 bits per heavy atom. The molecule has 0 bridgehead atoms. The van der Waals surface area contributed by atoms with Crippen molar-refractivity contribution in [3.8, 4) is 11.1 Å². The highest BCUT2D eigenvalue weighted by atomic mass is 19.1. The molecule has 0 nitrogen and oxygen atoms in total. The van der Waals surface area contributed by atoms with E-state index in [1.165, 1.54) is 0 Å². The van der Waals surface area contributed by atoms with Gasteiger partial charge in [-0.2, -0.15) is 0 Å². The third kappa shape index (κ3) is 1.78. The van der Waals surface area contributed by atoms with Gasteiger partial charge in [0.1, 0.15) is 5.82 Å². The van der Waals surface area contributed by atoms with E-state index in [0.29, 0.717) is 5.56 Å². The van der Waals surface area contributed by atoms with E-state index in [-0.39, 0.29) is 5.82 Å². The van der Waals surface area contributed by atoms with Crippen LogP contribution >= 0.6 is 0 Å². The lowest BCUT2D eigenvalue weighted by molar-refractivity contribution is 0.620. The van der Waals surface area contributed by atoms with E-state index in [1.54, 1.807) is 0 Å². The standard InChI is InChI=1S/C16H13F/c17-16-14-9-5-4-8-13(14)10-11-15(16)12-6-2-1-3-7-12/h1-3,6-11H,4-5H2. The number of halogens is 1. The van der Waals surface area contributed by atoms with Crippen LogP contribution in [0, 0.1) is 5.82 Å². The first kappa shape index (κ1) is 10.3. The summed E-state index contributed by atoms with van der Waals surface area (Å²) in [5.74, 6) is -0.0929. The summed E-state index contributed by atoms with van der Waals surface area (Å²) in [7, 11) is 0. The lowest BCUT2D eigenvalue weighted by atomic mass is 10.00. The molecular weight excluding hydrogens is 211 g/mol. The molecule has 1 aliphatic rings. The molecule has 0 saturated heterocycles. The molecule has 17 heavy (non-hydrogen) atoms. The molecule has 0 aliphatic heterocycles. The average molecular weight is 224 g/mol. The van der Waals surface area contributed by atoms with Gasteiger partial charge in [-0.1, -0.05) is 54.6 Å². The van der Waals surface area contributed by atoms with Gasteiger partial charge in [-0.05, 0) is 23.6 Å². The monoisotopic (exact) mass is 224 g/mol. The Balaban J connectivity index is 2.28. The molecule has 2 aromatic rings. The molecule has 0 atom stereocenters. The van der Waals surface area contributed by atoms with E-state index < -0.39 is 0 Å². The Kier molecular flexibility index (Phi) is 2.52. The second-order valence-corrected chi connectivity index (χ2v) is 4.28. The van der Waals surface area contributed by atoms with E-state index >= 15 is 0 Å². The van der Waals surface area contributed by atoms with Gasteiger partial charge in [0, 0.05) is 10.8 Å². The third-order valence-electron chi connectivity index (χ3n) is 3.18. The fraction of sp³-hybridized carbons (Fsp3) is 0.125. The van der Waals surface area contributed by atoms with Gasteiger partial charge in [0.25, 0.3) is 0 Å². The maximum atomic E-state index is 14.4. The minimum Gasteiger partial charge on any atom is -0.206 e. The predicted octanol–water partition coefficient (Wildman–Crippen LogP) is 2.85. The first-order valence-electron chi connectivity index (χ1n) is 5.90. The van der Waals surface area contributed by atoms with Gasteiger partial charge in [-0.15, -0.1) is 0 Å². The second-order valence-electron chi connectivity index (χ2n) is 4.28. The zero-order valence-corrected chi connectivity index (χ0v) is 9.49. The molecule has 0 unspecified atom stereocenters. The highest BCUT2D eigenvalue weighted by molar-refractivity contribution is 5.65. The van der Waals surface area contributed by atoms with Crippen LogP contribution in [0.5, 0.6) is 0 Å². The molecule has 0 aromatic heterocycles. The number of hydrogen-bond acceptors (Lipinski definition) is 0. The molecule has 1 heteroatoms. The van der Waals surface area contributed by atoms with Gasteiger partial charge in [0.05, 0.1) is 0 Å². The highest BCUT2D eigenvalue weighted by Crippen LogP contribution is 2.19. The van der Waals surface area contributed by atoms with E-state index in [4.69, 9.17) is 0 Å². The number of benzene rings is 2. The Labute approximate surface area is 99.7 Å². The minimum atomic E-state index is -0.0929. The van der Waals surface area contributed by atoms with Crippen LogP contribution in [0.2, 0.25) is 0 Å². The quantitative estimate of drug-likeness (QED) is 0.698. The van der Waals surface area contributed by atoms with Crippen molar-refractivity contribution in [2.24, 2.45) is 0 Å². The Morgan fingerprint density at radius 1 is 0.824 bits per heavy atom. The van der Waals surface area contributed by atoms with Crippen molar-refractivity contribution in [2.45, 2.75) is 12.8 Å². The van der Waals surface area contributed by atoms with Crippen LogP contribution in [0.15, 0.2) is 42.5 Å². The van der Waals surface area contributed by atoms with Crippen LogP contribution in [0.1, 0.15) is 12.8 Å². The Morgan fingerprint density at radius 2 is 1.59 bits per heavy atom. The molecule has 0 saturated carbocycles. The summed E-state index contributed by atoms with van der Waals surface area (Å²) < 4.78 is 14.4. The first-order chi connectivity index (χ1) is 8.36. The first-order valence-corrected chi connectivity index (χ1v) is 5.90. The highest BCUT2D eigenvalue weighted by Gasteiger charge is 2.07. The van der Waals surface area contributed by atoms with Gasteiger partial charge in [-0.3, -0.25) is 0 Å². The summed E-state index contributed by atoms with van der Waals surface area (Å²) in [5, 5.41) is 1.78. The van der Waals surface area contributed by atoms with Crippen LogP contribution < -0.4 is 10.4 Å². The molecule has 84 valence electrons. The summed E-state index contributed by atoms with van der Waals surface area (Å²) >= 11 is 0. The maximum absolute atomic E-state index is 14.4. The minimum absolute atomic E-state index is 0.0929. The summed E-state index contributed by atoms with van der Waals surface area (Å²) in [5.41, 5.74) is 1.63. The maximum Gasteiger partial charge on any atom is 0.138 e. The molecule has 0 amide bonds. The van der Waals surface area contributed by atoms with Crippen molar-refractivity contribution < 1.29 is 4.39 Å². The van der Waals surface area contributed by atoms with Crippen LogP contribution in [-0.2, 0) is 0 Å². The van der Waals surface area contributed by atoms with Gasteiger partial charge in [0.15, 0.2) is 0 Å². The lowest BCUT2D eigenvalue weighted by Crippen LogP contribution is -2.30. The molecule has 0 radical (unpaired) electrons. The van der Waals surface area contributed by atoms with Crippen LogP contribution in [-0.4, -0.2) is 0 Å². The molecule has 2 aromatic carbocycles. The van der Waals surface area contributed by atoms with Gasteiger partial charge < -0.3 is 0 Å². The Bertz CT molecular complexity index is 654. The van der Waals surface area contributed by atoms with Gasteiger partial charge in [-0.25, -0.2) is 4.39 Å². The molecule has 3 rings (SSSR count). The summed E-state index contributed by atoms with van der Waals surface area (Å²) in [4.78, 5) is 0. The molecule has 0 heterocycles. The van der Waals surface area contributed by atoms with E-state index in [0.717, 1.165) is 28.8 Å². The number of fused-ring (bicyclic) bond motifs is 1. The summed E-state index contributed by atoms with van der Waals surface area (Å²) in [6, 6.07) is 13.6. The van der Waals surface area contributed by atoms with Crippen molar-refractivity contribution in [1.82, 2.24) is 0 Å². The fourth-order valence-electron chi connectivity index (χ4n) is 2.30. The van der Waals surface area contributed by atoms with Crippen LogP contribution in [0.25, 0.3) is 23.3 Å². The predicted molar refractivity (Wildman–Crippen MR) is 69.3 cm³/mol. The molecular formula is C16H13F. The normalized spacial score (nSPS) is 13.5. The zero-order chi connectivity index (χ0) is 11.7. The van der Waals surface area contributed by atoms with E-state index in [2.05, 4.69) is 6.08 Å². The summed E-state index contributed by atoms with van der Waals surface area (Å²) in [6.07, 6.45) is 6.05. The second kappa shape index (κ2) is 4.17. The molecule has 0 N–H and O–H groups in total. The molecule has 0 spiro atoms.